The molecule has 3 aromatic carbocycles. The highest BCUT2D eigenvalue weighted by Gasteiger charge is 2.50. The quantitative estimate of drug-likeness (QED) is 0.249. The van der Waals surface area contributed by atoms with Gasteiger partial charge in [0.15, 0.2) is 0 Å². The first-order chi connectivity index (χ1) is 17.0. The Bertz CT molecular complexity index is 1570. The molecular weight excluding hydrogens is 468 g/mol. The summed E-state index contributed by atoms with van der Waals surface area (Å²) in [5.74, 6) is 0.609. The summed E-state index contributed by atoms with van der Waals surface area (Å²) in [6, 6.07) is 8.10. The highest BCUT2D eigenvalue weighted by atomic mass is 16.5. The number of methoxy groups -OCH3 is 2. The zero-order valence-corrected chi connectivity index (χ0v) is 20.5. The number of benzene rings is 3. The average molecular weight is 497 g/mol. The highest BCUT2D eigenvalue weighted by molar-refractivity contribution is 6.19. The van der Waals surface area contributed by atoms with E-state index in [0.717, 1.165) is 5.56 Å². The van der Waals surface area contributed by atoms with Crippen molar-refractivity contribution in [1.29, 1.82) is 0 Å². The Labute approximate surface area is 206 Å². The number of rotatable bonds is 3. The molecule has 190 valence electrons. The van der Waals surface area contributed by atoms with E-state index >= 15 is 0 Å². The Hall–Kier alpha value is -3.37. The van der Waals surface area contributed by atoms with Gasteiger partial charge >= 0.3 is 5.63 Å². The topological polar surface area (TPSA) is 139 Å². The maximum absolute atomic E-state index is 13.2. The molecule has 4 aromatic rings. The van der Waals surface area contributed by atoms with Gasteiger partial charge in [0, 0.05) is 16.2 Å². The van der Waals surface area contributed by atoms with Crippen LogP contribution in [0.25, 0.3) is 32.5 Å². The average Bonchev–Trinajstić information content (AvgIpc) is 2.85. The third-order valence-corrected chi connectivity index (χ3v) is 7.29. The lowest BCUT2D eigenvalue weighted by molar-refractivity contribution is -0.260. The van der Waals surface area contributed by atoms with Crippen molar-refractivity contribution in [3.63, 3.8) is 0 Å². The summed E-state index contributed by atoms with van der Waals surface area (Å²) in [5, 5.41) is 44.9. The lowest BCUT2D eigenvalue weighted by Gasteiger charge is -2.46. The third kappa shape index (κ3) is 3.35. The predicted octanol–water partition coefficient (Wildman–Crippen LogP) is 3.06. The summed E-state index contributed by atoms with van der Waals surface area (Å²) in [6.45, 7) is 4.81. The predicted molar refractivity (Wildman–Crippen MR) is 133 cm³/mol. The number of ether oxygens (including phenoxy) is 3. The molecule has 5 rings (SSSR count). The van der Waals surface area contributed by atoms with E-state index < -0.39 is 35.6 Å². The van der Waals surface area contributed by atoms with Gasteiger partial charge in [0.05, 0.1) is 31.1 Å². The molecule has 0 amide bonds. The van der Waals surface area contributed by atoms with Crippen LogP contribution < -0.4 is 15.1 Å². The molecule has 1 aliphatic rings. The minimum absolute atomic E-state index is 0.131. The molecule has 9 heteroatoms. The summed E-state index contributed by atoms with van der Waals surface area (Å²) in [6.07, 6.45) is -5.01. The molecule has 2 heterocycles. The minimum Gasteiger partial charge on any atom is -0.507 e. The molecule has 1 aliphatic heterocycles. The van der Waals surface area contributed by atoms with Gasteiger partial charge in [-0.15, -0.1) is 0 Å². The zero-order valence-electron chi connectivity index (χ0n) is 20.5. The van der Waals surface area contributed by atoms with Gasteiger partial charge in [0.25, 0.3) is 0 Å². The number of aliphatic hydroxyl groups is 3. The number of phenolic OH excluding ortho intramolecular Hbond substituents is 1. The van der Waals surface area contributed by atoms with Crippen molar-refractivity contribution in [3.05, 3.63) is 51.9 Å². The van der Waals surface area contributed by atoms with Crippen LogP contribution in [-0.2, 0) is 4.74 Å². The van der Waals surface area contributed by atoms with E-state index in [2.05, 4.69) is 0 Å². The van der Waals surface area contributed by atoms with Crippen LogP contribution in [0.1, 0.15) is 31.1 Å². The molecule has 36 heavy (non-hydrogen) atoms. The molecule has 5 atom stereocenters. The van der Waals surface area contributed by atoms with E-state index in [0.29, 0.717) is 33.2 Å². The molecule has 0 spiro atoms. The largest absolute Gasteiger partial charge is 0.507 e. The second kappa shape index (κ2) is 8.35. The lowest BCUT2D eigenvalue weighted by Crippen LogP contribution is -2.61. The van der Waals surface area contributed by atoms with Gasteiger partial charge in [0.1, 0.15) is 46.7 Å². The van der Waals surface area contributed by atoms with E-state index in [1.165, 1.54) is 33.3 Å². The van der Waals surface area contributed by atoms with Gasteiger partial charge in [-0.05, 0) is 56.2 Å². The van der Waals surface area contributed by atoms with Gasteiger partial charge in [-0.2, -0.15) is 0 Å². The molecule has 1 aromatic heterocycles. The number of aromatic hydroxyl groups is 1. The van der Waals surface area contributed by atoms with E-state index in [4.69, 9.17) is 18.6 Å². The molecule has 0 aliphatic carbocycles. The first-order valence-electron chi connectivity index (χ1n) is 11.5. The van der Waals surface area contributed by atoms with Crippen molar-refractivity contribution < 1.29 is 39.1 Å². The van der Waals surface area contributed by atoms with Crippen molar-refractivity contribution in [2.75, 3.05) is 14.2 Å². The van der Waals surface area contributed by atoms with Crippen LogP contribution in [0.15, 0.2) is 39.5 Å². The number of hydrogen-bond donors (Lipinski definition) is 4. The molecule has 4 N–H and O–H groups in total. The second-order valence-electron chi connectivity index (χ2n) is 9.52. The van der Waals surface area contributed by atoms with Crippen LogP contribution in [0.2, 0.25) is 0 Å². The van der Waals surface area contributed by atoms with Crippen LogP contribution in [0.5, 0.6) is 17.2 Å². The van der Waals surface area contributed by atoms with Gasteiger partial charge in [-0.3, -0.25) is 0 Å². The fraction of sp³-hybridized carbons (Fsp3) is 0.370. The Morgan fingerprint density at radius 3 is 2.31 bits per heavy atom. The minimum atomic E-state index is -1.70. The number of phenols is 1. The van der Waals surface area contributed by atoms with Crippen molar-refractivity contribution in [3.8, 4) is 17.2 Å². The van der Waals surface area contributed by atoms with Crippen molar-refractivity contribution in [2.45, 2.75) is 50.8 Å². The van der Waals surface area contributed by atoms with Crippen LogP contribution in [-0.4, -0.2) is 58.6 Å². The molecule has 1 fully saturated rings. The van der Waals surface area contributed by atoms with Crippen LogP contribution in [0.4, 0.5) is 0 Å². The maximum atomic E-state index is 13.2. The number of fused-ring (bicyclic) bond motifs is 5. The first kappa shape index (κ1) is 24.3. The van der Waals surface area contributed by atoms with E-state index in [1.54, 1.807) is 25.1 Å². The van der Waals surface area contributed by atoms with Crippen LogP contribution >= 0.6 is 0 Å². The molecule has 0 saturated carbocycles. The molecule has 1 saturated heterocycles. The fourth-order valence-corrected chi connectivity index (χ4v) is 5.14. The Balaban J connectivity index is 1.96. The van der Waals surface area contributed by atoms with E-state index in [1.807, 2.05) is 6.92 Å². The molecule has 0 bridgehead atoms. The third-order valence-electron chi connectivity index (χ3n) is 7.29. The van der Waals surface area contributed by atoms with Crippen molar-refractivity contribution in [1.82, 2.24) is 0 Å². The standard InChI is InChI=1S/C27H28O9/c1-11-8-15-19(17(9-11)33-4)14-10-18(34-5)21-16(28)7-6-13(20(21)23(14)36-26(15)31)24-22(29)25(30)27(3,32)12(2)35-24/h6-10,12,22,24-25,28-30,32H,1-5H3. The fourth-order valence-electron chi connectivity index (χ4n) is 5.14. The lowest BCUT2D eigenvalue weighted by atomic mass is 9.81. The SMILES string of the molecule is COc1cc2c(oc(=O)c3cc(C)cc(OC)c32)c2c(C3OC(C)C(C)(O)C(O)C3O)ccc(O)c12. The van der Waals surface area contributed by atoms with Crippen LogP contribution in [0.3, 0.4) is 0 Å². The Kier molecular flexibility index (Phi) is 5.64. The molecule has 9 nitrogen and oxygen atoms in total. The monoisotopic (exact) mass is 496 g/mol. The summed E-state index contributed by atoms with van der Waals surface area (Å²) < 4.78 is 23.0. The molecule has 5 unspecified atom stereocenters. The smallest absolute Gasteiger partial charge is 0.344 e. The summed E-state index contributed by atoms with van der Waals surface area (Å²) >= 11 is 0. The highest BCUT2D eigenvalue weighted by Crippen LogP contribution is 2.47. The number of aliphatic hydroxyl groups excluding tert-OH is 2. The Morgan fingerprint density at radius 1 is 0.972 bits per heavy atom. The van der Waals surface area contributed by atoms with Gasteiger partial charge in [-0.1, -0.05) is 6.07 Å². The second-order valence-corrected chi connectivity index (χ2v) is 9.52. The molecular formula is C27H28O9. The van der Waals surface area contributed by atoms with Gasteiger partial charge in [0.2, 0.25) is 0 Å². The van der Waals surface area contributed by atoms with E-state index in [-0.39, 0.29) is 22.1 Å². The van der Waals surface area contributed by atoms with Crippen molar-refractivity contribution >= 4 is 32.5 Å². The number of aryl methyl sites for hydroxylation is 1. The van der Waals surface area contributed by atoms with Crippen molar-refractivity contribution in [2.24, 2.45) is 0 Å². The van der Waals surface area contributed by atoms with Gasteiger partial charge < -0.3 is 39.1 Å². The summed E-state index contributed by atoms with van der Waals surface area (Å²) in [5.41, 5.74) is -1.02. The summed E-state index contributed by atoms with van der Waals surface area (Å²) in [7, 11) is 2.95. The van der Waals surface area contributed by atoms with Crippen LogP contribution in [0, 0.1) is 6.92 Å². The maximum Gasteiger partial charge on any atom is 0.344 e. The normalized spacial score (nSPS) is 26.6. The zero-order chi connectivity index (χ0) is 26.1. The Morgan fingerprint density at radius 2 is 1.64 bits per heavy atom. The molecule has 0 radical (unpaired) electrons. The van der Waals surface area contributed by atoms with E-state index in [9.17, 15) is 25.2 Å². The van der Waals surface area contributed by atoms with Gasteiger partial charge in [-0.25, -0.2) is 4.79 Å². The number of hydrogen-bond acceptors (Lipinski definition) is 9. The first-order valence-corrected chi connectivity index (χ1v) is 11.5. The summed E-state index contributed by atoms with van der Waals surface area (Å²) in [4.78, 5) is 13.2.